The van der Waals surface area contributed by atoms with Gasteiger partial charge in [-0.15, -0.1) is 0 Å². The first kappa shape index (κ1) is 12.9. The molecule has 0 saturated heterocycles. The SMILES string of the molecule is Cc1cc(Cl)c(C)nc1-n1ncc(SC#N)c1C. The molecule has 0 radical (unpaired) electrons. The lowest BCUT2D eigenvalue weighted by molar-refractivity contribution is 0.801. The summed E-state index contributed by atoms with van der Waals surface area (Å²) in [4.78, 5) is 5.29. The number of rotatable bonds is 2. The molecular formula is C12H11ClN4S. The van der Waals surface area contributed by atoms with Crippen LogP contribution in [0.2, 0.25) is 5.02 Å². The Morgan fingerprint density at radius 1 is 1.39 bits per heavy atom. The van der Waals surface area contributed by atoms with Crippen molar-refractivity contribution in [2.45, 2.75) is 25.7 Å². The molecule has 6 heteroatoms. The molecule has 0 bridgehead atoms. The number of aromatic nitrogens is 3. The molecule has 0 atom stereocenters. The number of thiocyanates is 1. The zero-order chi connectivity index (χ0) is 13.3. The van der Waals surface area contributed by atoms with E-state index >= 15 is 0 Å². The van der Waals surface area contributed by atoms with Crippen LogP contribution in [0.1, 0.15) is 17.0 Å². The molecule has 2 rings (SSSR count). The lowest BCUT2D eigenvalue weighted by Crippen LogP contribution is -2.05. The van der Waals surface area contributed by atoms with Gasteiger partial charge >= 0.3 is 0 Å². The maximum absolute atomic E-state index is 8.70. The normalized spacial score (nSPS) is 10.4. The highest BCUT2D eigenvalue weighted by molar-refractivity contribution is 8.03. The number of thioether (sulfide) groups is 1. The third-order valence-electron chi connectivity index (χ3n) is 2.64. The van der Waals surface area contributed by atoms with Crippen molar-refractivity contribution in [1.29, 1.82) is 5.26 Å². The summed E-state index contributed by atoms with van der Waals surface area (Å²) in [7, 11) is 0. The summed E-state index contributed by atoms with van der Waals surface area (Å²) in [6.45, 7) is 5.71. The molecule has 0 aromatic carbocycles. The number of nitriles is 1. The van der Waals surface area contributed by atoms with Gasteiger partial charge in [0.05, 0.1) is 27.5 Å². The van der Waals surface area contributed by atoms with E-state index in [0.717, 1.165) is 39.4 Å². The van der Waals surface area contributed by atoms with E-state index in [4.69, 9.17) is 16.9 Å². The Labute approximate surface area is 115 Å². The summed E-state index contributed by atoms with van der Waals surface area (Å²) in [5, 5.41) is 15.7. The maximum atomic E-state index is 8.70. The van der Waals surface area contributed by atoms with Crippen molar-refractivity contribution in [3.8, 4) is 11.2 Å². The van der Waals surface area contributed by atoms with E-state index in [-0.39, 0.29) is 0 Å². The molecule has 0 fully saturated rings. The van der Waals surface area contributed by atoms with Crippen molar-refractivity contribution in [2.24, 2.45) is 0 Å². The highest BCUT2D eigenvalue weighted by Crippen LogP contribution is 2.25. The zero-order valence-electron chi connectivity index (χ0n) is 10.2. The zero-order valence-corrected chi connectivity index (χ0v) is 11.8. The monoisotopic (exact) mass is 278 g/mol. The number of hydrogen-bond donors (Lipinski definition) is 0. The minimum absolute atomic E-state index is 0.646. The number of hydrogen-bond acceptors (Lipinski definition) is 4. The molecule has 2 heterocycles. The van der Waals surface area contributed by atoms with Crippen molar-refractivity contribution in [1.82, 2.24) is 14.8 Å². The van der Waals surface area contributed by atoms with Gasteiger partial charge in [-0.1, -0.05) is 11.6 Å². The van der Waals surface area contributed by atoms with Crippen molar-refractivity contribution in [3.05, 3.63) is 34.2 Å². The topological polar surface area (TPSA) is 54.5 Å². The fourth-order valence-corrected chi connectivity index (χ4v) is 2.27. The average Bonchev–Trinajstić information content (AvgIpc) is 2.67. The Morgan fingerprint density at radius 3 is 2.78 bits per heavy atom. The molecule has 0 unspecified atom stereocenters. The van der Waals surface area contributed by atoms with Gasteiger partial charge in [-0.25, -0.2) is 9.67 Å². The third kappa shape index (κ3) is 2.22. The molecular weight excluding hydrogens is 268 g/mol. The summed E-state index contributed by atoms with van der Waals surface area (Å²) in [5.74, 6) is 0.749. The Morgan fingerprint density at radius 2 is 2.11 bits per heavy atom. The minimum atomic E-state index is 0.646. The first-order chi connectivity index (χ1) is 8.54. The molecule has 0 saturated carbocycles. The van der Waals surface area contributed by atoms with Crippen LogP contribution in [0, 0.1) is 31.4 Å². The predicted octanol–water partition coefficient (Wildman–Crippen LogP) is 3.42. The van der Waals surface area contributed by atoms with Crippen molar-refractivity contribution in [2.75, 3.05) is 0 Å². The van der Waals surface area contributed by atoms with Crippen LogP contribution in [0.4, 0.5) is 0 Å². The standard InChI is InChI=1S/C12H11ClN4S/c1-7-4-10(13)8(2)16-12(7)17-9(3)11(5-15-17)18-6-14/h4-5H,1-3H3. The van der Waals surface area contributed by atoms with Gasteiger partial charge in [0, 0.05) is 0 Å². The lowest BCUT2D eigenvalue weighted by Gasteiger charge is -2.09. The second kappa shape index (κ2) is 5.01. The van der Waals surface area contributed by atoms with Crippen LogP contribution in [-0.2, 0) is 0 Å². The van der Waals surface area contributed by atoms with Crippen LogP contribution in [0.3, 0.4) is 0 Å². The van der Waals surface area contributed by atoms with Crippen LogP contribution in [0.5, 0.6) is 0 Å². The minimum Gasteiger partial charge on any atom is -0.232 e. The van der Waals surface area contributed by atoms with Crippen molar-refractivity contribution < 1.29 is 0 Å². The molecule has 2 aromatic rings. The maximum Gasteiger partial charge on any atom is 0.156 e. The van der Waals surface area contributed by atoms with E-state index in [1.165, 1.54) is 0 Å². The predicted molar refractivity (Wildman–Crippen MR) is 72.1 cm³/mol. The largest absolute Gasteiger partial charge is 0.232 e. The second-order valence-electron chi connectivity index (χ2n) is 3.90. The Bertz CT molecular complexity index is 642. The van der Waals surface area contributed by atoms with Crippen molar-refractivity contribution >= 4 is 23.4 Å². The molecule has 0 amide bonds. The molecule has 0 aliphatic rings. The Hall–Kier alpha value is -1.51. The van der Waals surface area contributed by atoms with Crippen LogP contribution >= 0.6 is 23.4 Å². The third-order valence-corrected chi connectivity index (χ3v) is 3.73. The number of aryl methyl sites for hydroxylation is 2. The highest BCUT2D eigenvalue weighted by Gasteiger charge is 2.13. The van der Waals surface area contributed by atoms with Crippen LogP contribution in [0.15, 0.2) is 17.2 Å². The summed E-state index contributed by atoms with van der Waals surface area (Å²) in [6.07, 6.45) is 1.67. The molecule has 0 N–H and O–H groups in total. The molecule has 2 aromatic heterocycles. The van der Waals surface area contributed by atoms with Gasteiger partial charge in [-0.2, -0.15) is 10.4 Å². The second-order valence-corrected chi connectivity index (χ2v) is 5.13. The van der Waals surface area contributed by atoms with Crippen LogP contribution < -0.4 is 0 Å². The Balaban J connectivity index is 2.56. The number of nitrogens with zero attached hydrogens (tertiary/aromatic N) is 4. The molecule has 92 valence electrons. The first-order valence-corrected chi connectivity index (χ1v) is 6.48. The smallest absolute Gasteiger partial charge is 0.156 e. The van der Waals surface area contributed by atoms with E-state index in [1.807, 2.05) is 32.2 Å². The van der Waals surface area contributed by atoms with Gasteiger partial charge in [0.1, 0.15) is 5.40 Å². The summed E-state index contributed by atoms with van der Waals surface area (Å²) in [5.41, 5.74) is 2.62. The van der Waals surface area contributed by atoms with E-state index in [9.17, 15) is 0 Å². The summed E-state index contributed by atoms with van der Waals surface area (Å²) >= 11 is 7.13. The van der Waals surface area contributed by atoms with Gasteiger partial charge in [0.25, 0.3) is 0 Å². The Kier molecular flexibility index (Phi) is 3.60. The molecule has 0 aliphatic heterocycles. The quantitative estimate of drug-likeness (QED) is 0.624. The van der Waals surface area contributed by atoms with E-state index < -0.39 is 0 Å². The lowest BCUT2D eigenvalue weighted by atomic mass is 10.2. The van der Waals surface area contributed by atoms with E-state index in [0.29, 0.717) is 5.02 Å². The molecule has 0 spiro atoms. The van der Waals surface area contributed by atoms with Crippen molar-refractivity contribution in [3.63, 3.8) is 0 Å². The fourth-order valence-electron chi connectivity index (χ4n) is 1.63. The summed E-state index contributed by atoms with van der Waals surface area (Å²) in [6, 6.07) is 1.87. The summed E-state index contributed by atoms with van der Waals surface area (Å²) < 4.78 is 1.73. The highest BCUT2D eigenvalue weighted by atomic mass is 35.5. The fraction of sp³-hybridized carbons (Fsp3) is 0.250. The average molecular weight is 279 g/mol. The molecule has 0 aliphatic carbocycles. The van der Waals surface area contributed by atoms with Gasteiger partial charge < -0.3 is 0 Å². The van der Waals surface area contributed by atoms with Crippen LogP contribution in [-0.4, -0.2) is 14.8 Å². The van der Waals surface area contributed by atoms with Gasteiger partial charge in [-0.3, -0.25) is 0 Å². The van der Waals surface area contributed by atoms with Crippen LogP contribution in [0.25, 0.3) is 5.82 Å². The number of halogens is 1. The van der Waals surface area contributed by atoms with E-state index in [1.54, 1.807) is 10.9 Å². The van der Waals surface area contributed by atoms with E-state index in [2.05, 4.69) is 10.1 Å². The molecule has 4 nitrogen and oxygen atoms in total. The van der Waals surface area contributed by atoms with Gasteiger partial charge in [0.2, 0.25) is 0 Å². The van der Waals surface area contributed by atoms with Gasteiger partial charge in [0.15, 0.2) is 5.82 Å². The molecule has 18 heavy (non-hydrogen) atoms. The first-order valence-electron chi connectivity index (χ1n) is 5.29. The van der Waals surface area contributed by atoms with Gasteiger partial charge in [-0.05, 0) is 44.2 Å². The number of pyridine rings is 1.